The average Bonchev–Trinajstić information content (AvgIpc) is 3.09. The summed E-state index contributed by atoms with van der Waals surface area (Å²) in [5.74, 6) is 0.626. The third-order valence-corrected chi connectivity index (χ3v) is 7.52. The maximum absolute atomic E-state index is 14.4. The minimum Gasteiger partial charge on any atom is -0.490 e. The number of ether oxygens (including phenoxy) is 2. The van der Waals surface area contributed by atoms with Crippen molar-refractivity contribution in [1.82, 2.24) is 9.13 Å². The summed E-state index contributed by atoms with van der Waals surface area (Å²) < 4.78 is 14.7. The summed E-state index contributed by atoms with van der Waals surface area (Å²) in [4.78, 5) is 39.7. The lowest BCUT2D eigenvalue weighted by molar-refractivity contribution is 0.0697. The van der Waals surface area contributed by atoms with Crippen LogP contribution in [0.2, 0.25) is 0 Å². The van der Waals surface area contributed by atoms with Gasteiger partial charge in [0, 0.05) is 12.6 Å². The number of carboxylic acids is 1. The van der Waals surface area contributed by atoms with E-state index in [1.54, 1.807) is 47.1 Å². The molecule has 8 heteroatoms. The van der Waals surface area contributed by atoms with Gasteiger partial charge in [-0.15, -0.1) is 0 Å². The topological polar surface area (TPSA) is 99.8 Å². The van der Waals surface area contributed by atoms with Crippen molar-refractivity contribution < 1.29 is 19.4 Å². The monoisotopic (exact) mass is 610 g/mol. The van der Waals surface area contributed by atoms with Crippen LogP contribution in [0.5, 0.6) is 17.2 Å². The van der Waals surface area contributed by atoms with E-state index in [0.29, 0.717) is 28.2 Å². The van der Waals surface area contributed by atoms with Gasteiger partial charge in [-0.25, -0.2) is 14.2 Å². The van der Waals surface area contributed by atoms with Gasteiger partial charge in [-0.3, -0.25) is 9.36 Å². The molecule has 5 aromatic carbocycles. The van der Waals surface area contributed by atoms with Crippen LogP contribution in [-0.2, 0) is 6.54 Å². The number of nitrogens with zero attached hydrogens (tertiary/aromatic N) is 2. The van der Waals surface area contributed by atoms with E-state index < -0.39 is 23.3 Å². The molecule has 0 fully saturated rings. The van der Waals surface area contributed by atoms with Crippen LogP contribution >= 0.6 is 0 Å². The zero-order chi connectivity index (χ0) is 31.9. The first-order valence-corrected chi connectivity index (χ1v) is 14.7. The molecule has 0 radical (unpaired) electrons. The van der Waals surface area contributed by atoms with Gasteiger partial charge in [-0.05, 0) is 65.7 Å². The zero-order valence-corrected chi connectivity index (χ0v) is 24.7. The van der Waals surface area contributed by atoms with E-state index in [1.807, 2.05) is 91.0 Å². The van der Waals surface area contributed by atoms with E-state index in [9.17, 15) is 14.4 Å². The molecule has 0 spiro atoms. The predicted molar refractivity (Wildman–Crippen MR) is 177 cm³/mol. The van der Waals surface area contributed by atoms with Gasteiger partial charge in [-0.1, -0.05) is 84.9 Å². The molecule has 46 heavy (non-hydrogen) atoms. The Balaban J connectivity index is 1.41. The maximum atomic E-state index is 14.4. The molecule has 0 bridgehead atoms. The molecule has 8 nitrogen and oxygen atoms in total. The molecular weight excluding hydrogens is 580 g/mol. The van der Waals surface area contributed by atoms with Crippen molar-refractivity contribution >= 4 is 16.9 Å². The summed E-state index contributed by atoms with van der Waals surface area (Å²) in [6.45, 7) is 0.347. The van der Waals surface area contributed by atoms with Gasteiger partial charge in [0.25, 0.3) is 5.56 Å². The molecule has 0 aliphatic carbocycles. The quantitative estimate of drug-likeness (QED) is 0.160. The Hall–Kier alpha value is -6.15. The molecule has 0 saturated carbocycles. The highest BCUT2D eigenvalue weighted by Crippen LogP contribution is 2.27. The van der Waals surface area contributed by atoms with Crippen LogP contribution in [0.15, 0.2) is 155 Å². The molecule has 228 valence electrons. The van der Waals surface area contributed by atoms with Crippen LogP contribution in [0, 0.1) is 0 Å². The number of para-hydroxylation sites is 1. The summed E-state index contributed by atoms with van der Waals surface area (Å²) in [6, 6.07) is 38.9. The van der Waals surface area contributed by atoms with E-state index >= 15 is 0 Å². The Labute approximate surface area is 264 Å². The summed E-state index contributed by atoms with van der Waals surface area (Å²) in [7, 11) is 0. The molecule has 0 unspecified atom stereocenters. The SMILES string of the molecule is O=C(O)c1ccc(OC/C=C/Cn2c(=O)n(C(c3ccccc3)c3ccccc3)c(=O)c3ccc(Oc4ccccc4)cc32)cc1. The normalized spacial score (nSPS) is 11.2. The molecule has 1 aromatic heterocycles. The highest BCUT2D eigenvalue weighted by Gasteiger charge is 2.23. The van der Waals surface area contributed by atoms with Crippen LogP contribution in [0.4, 0.5) is 0 Å². The fourth-order valence-electron chi connectivity index (χ4n) is 5.30. The van der Waals surface area contributed by atoms with Crippen molar-refractivity contribution in [3.63, 3.8) is 0 Å². The number of aromatic nitrogens is 2. The van der Waals surface area contributed by atoms with E-state index in [0.717, 1.165) is 11.1 Å². The van der Waals surface area contributed by atoms with Crippen molar-refractivity contribution in [3.8, 4) is 17.2 Å². The van der Waals surface area contributed by atoms with Gasteiger partial charge in [0.05, 0.1) is 22.5 Å². The molecule has 0 aliphatic heterocycles. The number of fused-ring (bicyclic) bond motifs is 1. The van der Waals surface area contributed by atoms with Crippen molar-refractivity contribution in [2.75, 3.05) is 6.61 Å². The highest BCUT2D eigenvalue weighted by atomic mass is 16.5. The van der Waals surface area contributed by atoms with Crippen LogP contribution < -0.4 is 20.7 Å². The molecule has 6 aromatic rings. The smallest absolute Gasteiger partial charge is 0.335 e. The minimum atomic E-state index is -1.01. The first-order valence-electron chi connectivity index (χ1n) is 14.7. The number of benzene rings is 5. The number of rotatable bonds is 11. The van der Waals surface area contributed by atoms with Gasteiger partial charge in [0.1, 0.15) is 23.9 Å². The fourth-order valence-corrected chi connectivity index (χ4v) is 5.30. The van der Waals surface area contributed by atoms with Crippen LogP contribution in [0.3, 0.4) is 0 Å². The third-order valence-electron chi connectivity index (χ3n) is 7.52. The Bertz CT molecular complexity index is 2060. The van der Waals surface area contributed by atoms with Crippen LogP contribution in [-0.4, -0.2) is 26.8 Å². The van der Waals surface area contributed by atoms with E-state index in [4.69, 9.17) is 14.6 Å². The molecular formula is C38H30N2O6. The predicted octanol–water partition coefficient (Wildman–Crippen LogP) is 6.93. The lowest BCUT2D eigenvalue weighted by atomic mass is 9.98. The fraction of sp³-hybridized carbons (Fsp3) is 0.0789. The summed E-state index contributed by atoms with van der Waals surface area (Å²) in [5, 5.41) is 9.49. The number of allylic oxidation sites excluding steroid dienone is 1. The molecule has 1 heterocycles. The number of aromatic carboxylic acids is 1. The van der Waals surface area contributed by atoms with Crippen molar-refractivity contribution in [1.29, 1.82) is 0 Å². The molecule has 6 rings (SSSR count). The first kappa shape index (κ1) is 29.9. The maximum Gasteiger partial charge on any atom is 0.335 e. The zero-order valence-electron chi connectivity index (χ0n) is 24.7. The van der Waals surface area contributed by atoms with Gasteiger partial charge in [0.2, 0.25) is 0 Å². The Morgan fingerprint density at radius 2 is 1.28 bits per heavy atom. The Kier molecular flexibility index (Phi) is 8.87. The minimum absolute atomic E-state index is 0.155. The Morgan fingerprint density at radius 3 is 1.89 bits per heavy atom. The third kappa shape index (κ3) is 6.51. The number of hydrogen-bond acceptors (Lipinski definition) is 5. The average molecular weight is 611 g/mol. The molecule has 0 atom stereocenters. The number of carboxylic acid groups (broad SMARTS) is 1. The van der Waals surface area contributed by atoms with E-state index in [1.165, 1.54) is 16.7 Å². The Morgan fingerprint density at radius 1 is 0.696 bits per heavy atom. The second-order valence-corrected chi connectivity index (χ2v) is 10.5. The largest absolute Gasteiger partial charge is 0.490 e. The van der Waals surface area contributed by atoms with Gasteiger partial charge >= 0.3 is 11.7 Å². The molecule has 0 aliphatic rings. The second kappa shape index (κ2) is 13.7. The molecule has 0 saturated heterocycles. The summed E-state index contributed by atoms with van der Waals surface area (Å²) in [6.07, 6.45) is 3.57. The van der Waals surface area contributed by atoms with Crippen LogP contribution in [0.1, 0.15) is 27.5 Å². The van der Waals surface area contributed by atoms with Crippen molar-refractivity contribution in [3.05, 3.63) is 183 Å². The highest BCUT2D eigenvalue weighted by molar-refractivity contribution is 5.87. The van der Waals surface area contributed by atoms with E-state index in [-0.39, 0.29) is 18.7 Å². The van der Waals surface area contributed by atoms with Gasteiger partial charge in [-0.2, -0.15) is 0 Å². The van der Waals surface area contributed by atoms with Crippen molar-refractivity contribution in [2.45, 2.75) is 12.6 Å². The first-order chi connectivity index (χ1) is 22.5. The standard InChI is InChI=1S/C38H30N2O6/c41-36-33-23-22-32(46-31-16-8-3-9-17-31)26-34(33)39(24-10-11-25-45-30-20-18-29(19-21-30)37(42)43)38(44)40(36)35(27-12-4-1-5-13-27)28-14-6-2-7-15-28/h1-23,26,35H,24-25H2,(H,42,43)/b11-10+. The lowest BCUT2D eigenvalue weighted by Gasteiger charge is -2.22. The van der Waals surface area contributed by atoms with E-state index in [2.05, 4.69) is 0 Å². The molecule has 0 amide bonds. The van der Waals surface area contributed by atoms with Crippen molar-refractivity contribution in [2.24, 2.45) is 0 Å². The number of hydrogen-bond donors (Lipinski definition) is 1. The second-order valence-electron chi connectivity index (χ2n) is 10.5. The summed E-state index contributed by atoms with van der Waals surface area (Å²) in [5.41, 5.74) is 1.35. The lowest BCUT2D eigenvalue weighted by Crippen LogP contribution is -2.43. The molecule has 1 N–H and O–H groups in total. The van der Waals surface area contributed by atoms with Crippen LogP contribution in [0.25, 0.3) is 10.9 Å². The van der Waals surface area contributed by atoms with Gasteiger partial charge < -0.3 is 14.6 Å². The number of carbonyl (C=O) groups is 1. The van der Waals surface area contributed by atoms with Gasteiger partial charge in [0.15, 0.2) is 0 Å². The summed E-state index contributed by atoms with van der Waals surface area (Å²) >= 11 is 0.